The molecule has 0 bridgehead atoms. The number of hydrogen-bond donors (Lipinski definition) is 2. The minimum atomic E-state index is -0.193. The summed E-state index contributed by atoms with van der Waals surface area (Å²) in [5, 5.41) is 6.66. The third-order valence-corrected chi connectivity index (χ3v) is 7.43. The van der Waals surface area contributed by atoms with Crippen LogP contribution < -0.4 is 15.5 Å². The molecule has 180 valence electrons. The number of aryl methyl sites for hydroxylation is 1. The van der Waals surface area contributed by atoms with Gasteiger partial charge in [0.15, 0.2) is 0 Å². The van der Waals surface area contributed by atoms with Gasteiger partial charge in [0.2, 0.25) is 0 Å². The molecule has 2 N–H and O–H groups in total. The number of rotatable bonds is 6. The smallest absolute Gasteiger partial charge is 0.253 e. The number of anilines is 1. The molecule has 6 nitrogen and oxygen atoms in total. The predicted molar refractivity (Wildman–Crippen MR) is 138 cm³/mol. The Morgan fingerprint density at radius 1 is 0.971 bits per heavy atom. The molecule has 7 heteroatoms. The molecule has 1 atom stereocenters. The number of amides is 2. The van der Waals surface area contributed by atoms with E-state index in [-0.39, 0.29) is 17.9 Å². The summed E-state index contributed by atoms with van der Waals surface area (Å²) in [4.78, 5) is 32.2. The Morgan fingerprint density at radius 2 is 1.74 bits per heavy atom. The number of fused-ring (bicyclic) bond motifs is 1. The van der Waals surface area contributed by atoms with Crippen LogP contribution in [0.3, 0.4) is 0 Å². The largest absolute Gasteiger partial charge is 0.371 e. The summed E-state index contributed by atoms with van der Waals surface area (Å²) in [5.41, 5.74) is 4.50. The second-order valence-corrected chi connectivity index (χ2v) is 9.71. The Balaban J connectivity index is 1.17. The van der Waals surface area contributed by atoms with E-state index in [0.29, 0.717) is 28.6 Å². The Bertz CT molecular complexity index is 1210. The van der Waals surface area contributed by atoms with Crippen molar-refractivity contribution < 1.29 is 9.59 Å². The molecule has 0 spiro atoms. The number of halogens is 1. The first-order valence-electron chi connectivity index (χ1n) is 12.2. The second-order valence-electron chi connectivity index (χ2n) is 9.30. The van der Waals surface area contributed by atoms with Gasteiger partial charge in [-0.05, 0) is 79.1 Å². The maximum atomic E-state index is 12.9. The van der Waals surface area contributed by atoms with E-state index >= 15 is 0 Å². The van der Waals surface area contributed by atoms with Gasteiger partial charge in [0, 0.05) is 43.3 Å². The summed E-state index contributed by atoms with van der Waals surface area (Å²) < 4.78 is 0. The number of nitrogens with one attached hydrogen (secondary N) is 2. The van der Waals surface area contributed by atoms with Crippen LogP contribution >= 0.6 is 11.6 Å². The lowest BCUT2D eigenvalue weighted by Crippen LogP contribution is -2.38. The molecule has 2 aliphatic rings. The first-order chi connectivity index (χ1) is 17.1. The van der Waals surface area contributed by atoms with Gasteiger partial charge in [0.1, 0.15) is 0 Å². The number of aromatic nitrogens is 1. The topological polar surface area (TPSA) is 74.3 Å². The zero-order chi connectivity index (χ0) is 24.2. The average molecular weight is 489 g/mol. The molecule has 1 aliphatic carbocycles. The fraction of sp³-hybridized carbons (Fsp3) is 0.321. The molecular weight excluding hydrogens is 460 g/mol. The molecule has 1 aliphatic heterocycles. The molecule has 2 heterocycles. The lowest BCUT2D eigenvalue weighted by atomic mass is 9.96. The van der Waals surface area contributed by atoms with Crippen LogP contribution in [0.4, 0.5) is 5.69 Å². The molecule has 5 rings (SSSR count). The molecule has 1 aromatic heterocycles. The molecule has 35 heavy (non-hydrogen) atoms. The normalized spacial score (nSPS) is 17.6. The predicted octanol–water partition coefficient (Wildman–Crippen LogP) is 4.80. The molecule has 2 aromatic carbocycles. The van der Waals surface area contributed by atoms with E-state index in [1.165, 1.54) is 11.3 Å². The molecule has 3 aromatic rings. The number of piperidine rings is 1. The van der Waals surface area contributed by atoms with Gasteiger partial charge in [-0.3, -0.25) is 14.6 Å². The van der Waals surface area contributed by atoms with Crippen molar-refractivity contribution in [3.8, 4) is 0 Å². The number of carbonyl (C=O) groups is 2. The van der Waals surface area contributed by atoms with Crippen LogP contribution in [0, 0.1) is 5.92 Å². The number of pyridine rings is 1. The standard InChI is InChI=1S/C28H29ClN4O2/c29-25-4-2-1-3-23(25)28(35)32-26-8-7-20-5-6-21(17-24(20)26)27(34)31-18-19-11-15-33(16-12-19)22-9-13-30-14-10-22/h1-6,9-10,13-14,17,19,26H,7-8,11-12,15-16,18H2,(H,31,34)(H,32,35)/t26-/m1/s1. The van der Waals surface area contributed by atoms with Crippen LogP contribution in [-0.4, -0.2) is 36.4 Å². The van der Waals surface area contributed by atoms with Gasteiger partial charge >= 0.3 is 0 Å². The summed E-state index contributed by atoms with van der Waals surface area (Å²) >= 11 is 6.19. The fourth-order valence-corrected chi connectivity index (χ4v) is 5.29. The summed E-state index contributed by atoms with van der Waals surface area (Å²) in [5.74, 6) is 0.211. The van der Waals surface area contributed by atoms with E-state index in [0.717, 1.165) is 44.3 Å². The van der Waals surface area contributed by atoms with Crippen molar-refractivity contribution in [2.24, 2.45) is 5.92 Å². The van der Waals surface area contributed by atoms with Crippen molar-refractivity contribution in [3.05, 3.63) is 94.3 Å². The molecule has 2 amide bonds. The number of nitrogens with zero attached hydrogens (tertiary/aromatic N) is 2. The first-order valence-corrected chi connectivity index (χ1v) is 12.6. The highest BCUT2D eigenvalue weighted by Crippen LogP contribution is 2.32. The van der Waals surface area contributed by atoms with E-state index in [9.17, 15) is 9.59 Å². The highest BCUT2D eigenvalue weighted by Gasteiger charge is 2.26. The van der Waals surface area contributed by atoms with Crippen LogP contribution in [0.2, 0.25) is 5.02 Å². The maximum absolute atomic E-state index is 12.9. The van der Waals surface area contributed by atoms with Crippen LogP contribution in [0.5, 0.6) is 0 Å². The Morgan fingerprint density at radius 3 is 2.51 bits per heavy atom. The molecule has 0 saturated carbocycles. The minimum Gasteiger partial charge on any atom is -0.371 e. The van der Waals surface area contributed by atoms with Crippen molar-refractivity contribution in [1.82, 2.24) is 15.6 Å². The van der Waals surface area contributed by atoms with Gasteiger partial charge in [-0.25, -0.2) is 0 Å². The highest BCUT2D eigenvalue weighted by molar-refractivity contribution is 6.33. The van der Waals surface area contributed by atoms with Crippen molar-refractivity contribution in [2.45, 2.75) is 31.7 Å². The van der Waals surface area contributed by atoms with Gasteiger partial charge in [-0.15, -0.1) is 0 Å². The molecule has 0 unspecified atom stereocenters. The van der Waals surface area contributed by atoms with Gasteiger partial charge < -0.3 is 15.5 Å². The van der Waals surface area contributed by atoms with E-state index in [1.807, 2.05) is 42.7 Å². The molecule has 1 saturated heterocycles. The minimum absolute atomic E-state index is 0.0626. The van der Waals surface area contributed by atoms with Gasteiger partial charge in [0.05, 0.1) is 16.6 Å². The average Bonchev–Trinajstić information content (AvgIpc) is 3.30. The third kappa shape index (κ3) is 5.33. The van der Waals surface area contributed by atoms with Gasteiger partial charge in [-0.1, -0.05) is 29.8 Å². The van der Waals surface area contributed by atoms with Gasteiger partial charge in [-0.2, -0.15) is 0 Å². The van der Waals surface area contributed by atoms with Crippen LogP contribution in [0.15, 0.2) is 67.0 Å². The zero-order valence-electron chi connectivity index (χ0n) is 19.5. The quantitative estimate of drug-likeness (QED) is 0.522. The van der Waals surface area contributed by atoms with E-state index in [1.54, 1.807) is 24.3 Å². The van der Waals surface area contributed by atoms with Crippen LogP contribution in [0.25, 0.3) is 0 Å². The molecular formula is C28H29ClN4O2. The number of hydrogen-bond acceptors (Lipinski definition) is 4. The van der Waals surface area contributed by atoms with Crippen molar-refractivity contribution in [3.63, 3.8) is 0 Å². The van der Waals surface area contributed by atoms with Crippen molar-refractivity contribution >= 4 is 29.1 Å². The number of benzene rings is 2. The lowest BCUT2D eigenvalue weighted by Gasteiger charge is -2.33. The summed E-state index contributed by atoms with van der Waals surface area (Å²) in [6, 6.07) is 16.8. The third-order valence-electron chi connectivity index (χ3n) is 7.10. The maximum Gasteiger partial charge on any atom is 0.253 e. The van der Waals surface area contributed by atoms with Crippen molar-refractivity contribution in [2.75, 3.05) is 24.5 Å². The first kappa shape index (κ1) is 23.4. The Hall–Kier alpha value is -3.38. The summed E-state index contributed by atoms with van der Waals surface area (Å²) in [7, 11) is 0. The molecule has 1 fully saturated rings. The number of carbonyl (C=O) groups excluding carboxylic acids is 2. The monoisotopic (exact) mass is 488 g/mol. The van der Waals surface area contributed by atoms with E-state index in [2.05, 4.69) is 20.5 Å². The summed E-state index contributed by atoms with van der Waals surface area (Å²) in [6.07, 6.45) is 7.43. The molecule has 0 radical (unpaired) electrons. The van der Waals surface area contributed by atoms with Gasteiger partial charge in [0.25, 0.3) is 11.8 Å². The Kier molecular flexibility index (Phi) is 7.00. The van der Waals surface area contributed by atoms with Crippen LogP contribution in [0.1, 0.15) is 57.1 Å². The Labute approximate surface area is 210 Å². The second kappa shape index (κ2) is 10.5. The van der Waals surface area contributed by atoms with E-state index in [4.69, 9.17) is 11.6 Å². The lowest BCUT2D eigenvalue weighted by molar-refractivity contribution is 0.0934. The SMILES string of the molecule is O=C(NCC1CCN(c2ccncc2)CC1)c1ccc2c(c1)[C@H](NC(=O)c1ccccc1Cl)CC2. The van der Waals surface area contributed by atoms with Crippen LogP contribution in [-0.2, 0) is 6.42 Å². The highest BCUT2D eigenvalue weighted by atomic mass is 35.5. The zero-order valence-corrected chi connectivity index (χ0v) is 20.3. The summed E-state index contributed by atoms with van der Waals surface area (Å²) in [6.45, 7) is 2.64. The fourth-order valence-electron chi connectivity index (χ4n) is 5.06. The van der Waals surface area contributed by atoms with Crippen molar-refractivity contribution in [1.29, 1.82) is 0 Å². The van der Waals surface area contributed by atoms with E-state index < -0.39 is 0 Å².